The van der Waals surface area contributed by atoms with E-state index in [2.05, 4.69) is 15.6 Å². The van der Waals surface area contributed by atoms with Crippen LogP contribution in [-0.4, -0.2) is 53.6 Å². The molecule has 12 heteroatoms. The normalized spacial score (nSPS) is 21.8. The molecule has 0 aliphatic carbocycles. The first-order valence-electron chi connectivity index (χ1n) is 14.7. The molecule has 3 N–H and O–H groups in total. The molecule has 44 heavy (non-hydrogen) atoms. The van der Waals surface area contributed by atoms with Gasteiger partial charge in [-0.1, -0.05) is 24.3 Å². The number of hydrogen-bond acceptors (Lipinski definition) is 7. The number of aromatic amines is 2. The molecule has 0 bridgehead atoms. The fraction of sp³-hybridized carbons (Fsp3) is 0.406. The number of hydrogen-bond donors (Lipinski definition) is 3. The summed E-state index contributed by atoms with van der Waals surface area (Å²) in [4.78, 5) is 36.1. The van der Waals surface area contributed by atoms with Crippen LogP contribution in [0.2, 0.25) is 0 Å². The third-order valence-corrected chi connectivity index (χ3v) is 8.29. The molecule has 4 atom stereocenters. The zero-order chi connectivity index (χ0) is 31.1. The Morgan fingerprint density at radius 3 is 1.91 bits per heavy atom. The van der Waals surface area contributed by atoms with Gasteiger partial charge in [0.1, 0.15) is 23.2 Å². The Morgan fingerprint density at radius 2 is 1.39 bits per heavy atom. The lowest BCUT2D eigenvalue weighted by Crippen LogP contribution is -2.46. The molecule has 2 aliphatic heterocycles. The minimum Gasteiger partial charge on any atom is -0.453 e. The highest BCUT2D eigenvalue weighted by Crippen LogP contribution is 2.33. The molecule has 0 saturated carbocycles. The quantitative estimate of drug-likeness (QED) is 0.284. The zero-order valence-corrected chi connectivity index (χ0v) is 24.4. The third-order valence-electron chi connectivity index (χ3n) is 8.29. The van der Waals surface area contributed by atoms with Crippen molar-refractivity contribution in [3.05, 3.63) is 116 Å². The molecule has 0 radical (unpaired) electrons. The van der Waals surface area contributed by atoms with Crippen molar-refractivity contribution in [1.29, 1.82) is 0 Å². The first-order chi connectivity index (χ1) is 21.3. The summed E-state index contributed by atoms with van der Waals surface area (Å²) >= 11 is 0. The summed E-state index contributed by atoms with van der Waals surface area (Å²) in [6.45, 7) is 1.41. The predicted molar refractivity (Wildman–Crippen MR) is 158 cm³/mol. The molecule has 0 spiro atoms. The van der Waals surface area contributed by atoms with Crippen LogP contribution in [0, 0.1) is 11.6 Å². The van der Waals surface area contributed by atoms with Crippen LogP contribution < -0.4 is 16.4 Å². The summed E-state index contributed by atoms with van der Waals surface area (Å²) in [5.74, 6) is 1.15. The number of amides is 1. The molecule has 1 amide bonds. The number of benzene rings is 2. The molecule has 2 aliphatic rings. The number of nitrogens with one attached hydrogen (secondary N) is 3. The molecule has 10 nitrogen and oxygen atoms in total. The first-order valence-corrected chi connectivity index (χ1v) is 14.7. The van der Waals surface area contributed by atoms with Gasteiger partial charge < -0.3 is 24.0 Å². The topological polar surface area (TPSA) is 134 Å². The fourth-order valence-corrected chi connectivity index (χ4v) is 6.08. The van der Waals surface area contributed by atoms with E-state index in [1.165, 1.54) is 43.5 Å². The third kappa shape index (κ3) is 8.13. The van der Waals surface area contributed by atoms with E-state index in [1.54, 1.807) is 17.0 Å². The average molecular weight is 611 g/mol. The molecular formula is C32H36F2N4O6. The minimum atomic E-state index is -0.379. The predicted octanol–water partition coefficient (Wildman–Crippen LogP) is 4.85. The van der Waals surface area contributed by atoms with Crippen molar-refractivity contribution in [2.24, 2.45) is 0 Å². The van der Waals surface area contributed by atoms with Crippen molar-refractivity contribution in [2.45, 2.75) is 62.4 Å². The molecule has 2 fully saturated rings. The van der Waals surface area contributed by atoms with Crippen molar-refractivity contribution in [3.63, 3.8) is 0 Å². The van der Waals surface area contributed by atoms with Gasteiger partial charge in [0.05, 0.1) is 7.11 Å². The van der Waals surface area contributed by atoms with Gasteiger partial charge in [-0.25, -0.2) is 13.6 Å². The van der Waals surface area contributed by atoms with Gasteiger partial charge in [-0.2, -0.15) is 10.3 Å². The Hall–Kier alpha value is -4.45. The largest absolute Gasteiger partial charge is 0.453 e. The molecule has 0 unspecified atom stereocenters. The van der Waals surface area contributed by atoms with E-state index in [0.717, 1.165) is 42.7 Å². The van der Waals surface area contributed by atoms with Crippen LogP contribution in [0.15, 0.2) is 79.3 Å². The average Bonchev–Trinajstić information content (AvgIpc) is 3.68. The number of rotatable bonds is 6. The number of carbonyl (C=O) groups is 1. The SMILES string of the molecule is COC(=O)N1CC[C@H](c2cc(=O)[nH]o2)C[C@H]1Cc1ccc(F)cc1.O=c1cc([C@H]2CCN[C@H](Cc3ccc(F)cc3)C2)o[nH]1. The number of nitrogens with zero attached hydrogens (tertiary/aromatic N) is 1. The van der Waals surface area contributed by atoms with Crippen LogP contribution in [0.3, 0.4) is 0 Å². The van der Waals surface area contributed by atoms with E-state index in [4.69, 9.17) is 13.8 Å². The number of H-pyrrole nitrogens is 2. The van der Waals surface area contributed by atoms with Crippen molar-refractivity contribution in [3.8, 4) is 0 Å². The monoisotopic (exact) mass is 610 g/mol. The van der Waals surface area contributed by atoms with Crippen molar-refractivity contribution in [1.82, 2.24) is 20.5 Å². The van der Waals surface area contributed by atoms with Gasteiger partial charge in [-0.3, -0.25) is 9.59 Å². The molecule has 2 aromatic carbocycles. The second-order valence-electron chi connectivity index (χ2n) is 11.3. The maximum Gasteiger partial charge on any atom is 0.409 e. The van der Waals surface area contributed by atoms with E-state index in [-0.39, 0.29) is 46.7 Å². The summed E-state index contributed by atoms with van der Waals surface area (Å²) < 4.78 is 41.3. The van der Waals surface area contributed by atoms with Gasteiger partial charge >= 0.3 is 6.09 Å². The second kappa shape index (κ2) is 14.3. The van der Waals surface area contributed by atoms with Gasteiger partial charge in [-0.05, 0) is 80.5 Å². The summed E-state index contributed by atoms with van der Waals surface area (Å²) in [5, 5.41) is 8.11. The standard InChI is InChI=1S/C17H19FN2O4.C15H17FN2O2/c1-23-17(22)20-7-6-12(15-10-16(21)19-24-15)9-14(20)8-11-2-4-13(18)5-3-11;16-12-3-1-10(2-4-12)7-13-8-11(5-6-17-13)14-9-15(19)18-20-14/h2-5,10,12,14H,6-9H2,1H3,(H,19,21);1-4,9,11,13,17H,5-8H2,(H,18,19)/t12-,14+;11-,13+/m00/s1. The Balaban J connectivity index is 0.000000177. The number of ether oxygens (including phenoxy) is 1. The van der Waals surface area contributed by atoms with Crippen LogP contribution in [0.25, 0.3) is 0 Å². The second-order valence-corrected chi connectivity index (χ2v) is 11.3. The summed E-state index contributed by atoms with van der Waals surface area (Å²) in [6, 6.07) is 16.0. The van der Waals surface area contributed by atoms with Crippen molar-refractivity contribution < 1.29 is 27.4 Å². The van der Waals surface area contributed by atoms with Crippen LogP contribution in [0.1, 0.15) is 60.2 Å². The van der Waals surface area contributed by atoms with Gasteiger partial charge in [0.15, 0.2) is 0 Å². The van der Waals surface area contributed by atoms with Crippen LogP contribution in [0.4, 0.5) is 13.6 Å². The summed E-state index contributed by atoms with van der Waals surface area (Å²) in [5.41, 5.74) is 1.59. The van der Waals surface area contributed by atoms with Crippen molar-refractivity contribution >= 4 is 6.09 Å². The Labute approximate surface area is 252 Å². The highest BCUT2D eigenvalue weighted by atomic mass is 19.1. The molecule has 4 heterocycles. The maximum absolute atomic E-state index is 13.1. The molecule has 234 valence electrons. The number of aromatic nitrogens is 2. The lowest BCUT2D eigenvalue weighted by atomic mass is 9.86. The first kappa shape index (κ1) is 31.0. The van der Waals surface area contributed by atoms with Crippen molar-refractivity contribution in [2.75, 3.05) is 20.2 Å². The highest BCUT2D eigenvalue weighted by Gasteiger charge is 2.34. The molecule has 2 saturated heterocycles. The molecule has 6 rings (SSSR count). The summed E-state index contributed by atoms with van der Waals surface area (Å²) in [6.07, 6.45) is 4.27. The highest BCUT2D eigenvalue weighted by molar-refractivity contribution is 5.68. The number of carbonyl (C=O) groups excluding carboxylic acids is 1. The van der Waals surface area contributed by atoms with E-state index in [1.807, 2.05) is 12.1 Å². The Kier molecular flexibility index (Phi) is 10.1. The van der Waals surface area contributed by atoms with Gasteiger partial charge in [0, 0.05) is 42.6 Å². The minimum absolute atomic E-state index is 0.0512. The van der Waals surface area contributed by atoms with Crippen LogP contribution >= 0.6 is 0 Å². The van der Waals surface area contributed by atoms with Crippen LogP contribution in [0.5, 0.6) is 0 Å². The van der Waals surface area contributed by atoms with E-state index in [0.29, 0.717) is 37.6 Å². The lowest BCUT2D eigenvalue weighted by molar-refractivity contribution is 0.0817. The van der Waals surface area contributed by atoms with Crippen LogP contribution in [-0.2, 0) is 17.6 Å². The summed E-state index contributed by atoms with van der Waals surface area (Å²) in [7, 11) is 1.36. The number of likely N-dealkylation sites (tertiary alicyclic amines) is 1. The zero-order valence-electron chi connectivity index (χ0n) is 24.4. The smallest absolute Gasteiger partial charge is 0.409 e. The van der Waals surface area contributed by atoms with E-state index < -0.39 is 0 Å². The number of halogens is 2. The Bertz CT molecular complexity index is 1610. The van der Waals surface area contributed by atoms with Gasteiger partial charge in [0.2, 0.25) is 0 Å². The molecular weight excluding hydrogens is 574 g/mol. The fourth-order valence-electron chi connectivity index (χ4n) is 6.08. The Morgan fingerprint density at radius 1 is 0.841 bits per heavy atom. The molecule has 4 aromatic rings. The van der Waals surface area contributed by atoms with Gasteiger partial charge in [0.25, 0.3) is 11.1 Å². The van der Waals surface area contributed by atoms with E-state index in [9.17, 15) is 23.2 Å². The number of methoxy groups -OCH3 is 1. The lowest BCUT2D eigenvalue weighted by Gasteiger charge is -2.38. The van der Waals surface area contributed by atoms with Gasteiger partial charge in [-0.15, -0.1) is 0 Å². The maximum atomic E-state index is 13.1. The van der Waals surface area contributed by atoms with E-state index >= 15 is 0 Å². The number of piperidine rings is 2. The molecule has 2 aromatic heterocycles.